The van der Waals surface area contributed by atoms with Crippen molar-refractivity contribution < 1.29 is 18.3 Å². The zero-order chi connectivity index (χ0) is 16.6. The Bertz CT molecular complexity index is 856. The summed E-state index contributed by atoms with van der Waals surface area (Å²) in [6.07, 6.45) is -3.46. The lowest BCUT2D eigenvalue weighted by molar-refractivity contribution is -0.142. The van der Waals surface area contributed by atoms with Gasteiger partial charge in [-0.2, -0.15) is 18.3 Å². The number of aromatic nitrogens is 3. The largest absolute Gasteiger partial charge is 0.507 e. The number of phenols is 1. The minimum absolute atomic E-state index is 0.0109. The molecule has 0 aliphatic carbocycles. The molecular weight excluding hydrogens is 307 g/mol. The van der Waals surface area contributed by atoms with Crippen LogP contribution in [0.5, 0.6) is 5.75 Å². The molecule has 3 rings (SSSR count). The van der Waals surface area contributed by atoms with E-state index in [-0.39, 0.29) is 11.6 Å². The summed E-state index contributed by atoms with van der Waals surface area (Å²) in [5.41, 5.74) is 0.815. The molecule has 2 aromatic heterocycles. The van der Waals surface area contributed by atoms with Gasteiger partial charge in [-0.25, -0.2) is 9.67 Å². The molecule has 4 nitrogen and oxygen atoms in total. The molecule has 0 aliphatic heterocycles. The zero-order valence-corrected chi connectivity index (χ0v) is 12.0. The van der Waals surface area contributed by atoms with Crippen molar-refractivity contribution in [1.29, 1.82) is 0 Å². The van der Waals surface area contributed by atoms with Gasteiger partial charge in [-0.05, 0) is 37.3 Å². The lowest BCUT2D eigenvalue weighted by Crippen LogP contribution is -2.14. The van der Waals surface area contributed by atoms with Gasteiger partial charge in [0.1, 0.15) is 11.4 Å². The lowest BCUT2D eigenvalue weighted by Gasteiger charge is -2.11. The van der Waals surface area contributed by atoms with E-state index < -0.39 is 11.9 Å². The maximum absolute atomic E-state index is 13.0. The summed E-state index contributed by atoms with van der Waals surface area (Å²) >= 11 is 0. The number of halogens is 3. The van der Waals surface area contributed by atoms with Crippen LogP contribution < -0.4 is 0 Å². The number of aromatic hydroxyl groups is 1. The highest BCUT2D eigenvalue weighted by atomic mass is 19.4. The molecule has 2 heterocycles. The van der Waals surface area contributed by atoms with Gasteiger partial charge in [-0.3, -0.25) is 0 Å². The number of phenolic OH excluding ortho intramolecular Hbond substituents is 1. The van der Waals surface area contributed by atoms with Gasteiger partial charge in [0.05, 0.1) is 11.9 Å². The summed E-state index contributed by atoms with van der Waals surface area (Å²) in [6.45, 7) is 1.85. The molecule has 7 heteroatoms. The Hall–Kier alpha value is -2.83. The number of aryl methyl sites for hydroxylation is 1. The van der Waals surface area contributed by atoms with Crippen molar-refractivity contribution in [2.24, 2.45) is 0 Å². The minimum Gasteiger partial charge on any atom is -0.507 e. The van der Waals surface area contributed by atoms with Crippen molar-refractivity contribution in [2.75, 3.05) is 0 Å². The van der Waals surface area contributed by atoms with E-state index in [1.165, 1.54) is 12.1 Å². The second-order valence-electron chi connectivity index (χ2n) is 5.03. The van der Waals surface area contributed by atoms with Crippen LogP contribution in [0.15, 0.2) is 48.7 Å². The predicted octanol–water partition coefficient (Wildman–Crippen LogP) is 3.97. The quantitative estimate of drug-likeness (QED) is 0.777. The molecule has 0 radical (unpaired) electrons. The Balaban J connectivity index is 2.11. The molecule has 0 unspecified atom stereocenters. The molecule has 0 aliphatic rings. The van der Waals surface area contributed by atoms with E-state index in [0.717, 1.165) is 22.5 Å². The van der Waals surface area contributed by atoms with Crippen LogP contribution in [0, 0.1) is 6.92 Å². The summed E-state index contributed by atoms with van der Waals surface area (Å²) in [6, 6.07) is 10.5. The fourth-order valence-corrected chi connectivity index (χ4v) is 2.25. The fraction of sp³-hybridized carbons (Fsp3) is 0.125. The molecule has 23 heavy (non-hydrogen) atoms. The molecule has 0 saturated heterocycles. The van der Waals surface area contributed by atoms with Gasteiger partial charge in [0.2, 0.25) is 0 Å². The zero-order valence-electron chi connectivity index (χ0n) is 12.0. The summed E-state index contributed by atoms with van der Waals surface area (Å²) in [5, 5.41) is 13.7. The van der Waals surface area contributed by atoms with Gasteiger partial charge in [0, 0.05) is 5.56 Å². The Kier molecular flexibility index (Phi) is 3.55. The van der Waals surface area contributed by atoms with Crippen LogP contribution in [0.3, 0.4) is 0 Å². The van der Waals surface area contributed by atoms with Crippen LogP contribution in [0.4, 0.5) is 13.2 Å². The molecule has 1 aromatic carbocycles. The van der Waals surface area contributed by atoms with E-state index in [1.54, 1.807) is 24.3 Å². The molecule has 0 spiro atoms. The Labute approximate surface area is 129 Å². The first-order valence-electron chi connectivity index (χ1n) is 6.75. The third-order valence-corrected chi connectivity index (χ3v) is 3.31. The molecule has 0 saturated carbocycles. The third kappa shape index (κ3) is 2.90. The molecular formula is C16H12F3N3O. The normalized spacial score (nSPS) is 11.7. The standard InChI is InChI=1S/C16H12F3N3O/c1-10-5-6-13(23)11(9-10)12-3-2-4-15(21-12)22-14(7-8-20-22)16(17,18)19/h2-9,23H,1H3. The number of hydrogen-bond acceptors (Lipinski definition) is 3. The first-order valence-corrected chi connectivity index (χ1v) is 6.75. The number of rotatable bonds is 2. The highest BCUT2D eigenvalue weighted by molar-refractivity contribution is 5.68. The van der Waals surface area contributed by atoms with Crippen molar-refractivity contribution in [2.45, 2.75) is 13.1 Å². The SMILES string of the molecule is Cc1ccc(O)c(-c2cccc(-n3nccc3C(F)(F)F)n2)c1. The van der Waals surface area contributed by atoms with Crippen molar-refractivity contribution in [1.82, 2.24) is 14.8 Å². The van der Waals surface area contributed by atoms with Gasteiger partial charge in [-0.15, -0.1) is 0 Å². The number of nitrogens with zero attached hydrogens (tertiary/aromatic N) is 3. The number of alkyl halides is 3. The first kappa shape index (κ1) is 15.1. The number of pyridine rings is 1. The van der Waals surface area contributed by atoms with Crippen molar-refractivity contribution in [3.8, 4) is 22.8 Å². The fourth-order valence-electron chi connectivity index (χ4n) is 2.25. The predicted molar refractivity (Wildman–Crippen MR) is 78.2 cm³/mol. The van der Waals surface area contributed by atoms with E-state index in [4.69, 9.17) is 0 Å². The van der Waals surface area contributed by atoms with E-state index in [0.29, 0.717) is 11.3 Å². The van der Waals surface area contributed by atoms with Crippen LogP contribution >= 0.6 is 0 Å². The molecule has 1 N–H and O–H groups in total. The van der Waals surface area contributed by atoms with Gasteiger partial charge in [0.15, 0.2) is 5.82 Å². The first-order chi connectivity index (χ1) is 10.9. The highest BCUT2D eigenvalue weighted by Crippen LogP contribution is 2.32. The van der Waals surface area contributed by atoms with Crippen LogP contribution in [-0.4, -0.2) is 19.9 Å². The van der Waals surface area contributed by atoms with Gasteiger partial charge in [-0.1, -0.05) is 17.7 Å². The Morgan fingerprint density at radius 3 is 2.61 bits per heavy atom. The Morgan fingerprint density at radius 2 is 1.87 bits per heavy atom. The van der Waals surface area contributed by atoms with Crippen LogP contribution in [0.2, 0.25) is 0 Å². The molecule has 0 bridgehead atoms. The van der Waals surface area contributed by atoms with Gasteiger partial charge < -0.3 is 5.11 Å². The number of benzene rings is 1. The maximum Gasteiger partial charge on any atom is 0.433 e. The Morgan fingerprint density at radius 1 is 1.09 bits per heavy atom. The highest BCUT2D eigenvalue weighted by Gasteiger charge is 2.35. The summed E-state index contributed by atoms with van der Waals surface area (Å²) in [5.74, 6) is 0.0393. The smallest absolute Gasteiger partial charge is 0.433 e. The monoisotopic (exact) mass is 319 g/mol. The molecule has 0 atom stereocenters. The van der Waals surface area contributed by atoms with E-state index in [1.807, 2.05) is 6.92 Å². The third-order valence-electron chi connectivity index (χ3n) is 3.31. The van der Waals surface area contributed by atoms with Gasteiger partial charge in [0.25, 0.3) is 0 Å². The topological polar surface area (TPSA) is 50.9 Å². The summed E-state index contributed by atoms with van der Waals surface area (Å²) < 4.78 is 39.7. The second-order valence-corrected chi connectivity index (χ2v) is 5.03. The van der Waals surface area contributed by atoms with Crippen molar-refractivity contribution in [3.05, 3.63) is 59.9 Å². The number of hydrogen-bond donors (Lipinski definition) is 1. The van der Waals surface area contributed by atoms with Crippen LogP contribution in [0.1, 0.15) is 11.3 Å². The lowest BCUT2D eigenvalue weighted by atomic mass is 10.1. The van der Waals surface area contributed by atoms with Gasteiger partial charge >= 0.3 is 6.18 Å². The molecule has 0 fully saturated rings. The average molecular weight is 319 g/mol. The van der Waals surface area contributed by atoms with E-state index in [2.05, 4.69) is 10.1 Å². The average Bonchev–Trinajstić information content (AvgIpc) is 3.00. The molecule has 0 amide bonds. The minimum atomic E-state index is -4.53. The van der Waals surface area contributed by atoms with Crippen LogP contribution in [-0.2, 0) is 6.18 Å². The summed E-state index contributed by atoms with van der Waals surface area (Å²) in [7, 11) is 0. The van der Waals surface area contributed by atoms with Crippen LogP contribution in [0.25, 0.3) is 17.1 Å². The van der Waals surface area contributed by atoms with E-state index >= 15 is 0 Å². The van der Waals surface area contributed by atoms with Crippen molar-refractivity contribution in [3.63, 3.8) is 0 Å². The second kappa shape index (κ2) is 5.42. The molecule has 118 valence electrons. The summed E-state index contributed by atoms with van der Waals surface area (Å²) in [4.78, 5) is 4.20. The molecule has 3 aromatic rings. The van der Waals surface area contributed by atoms with Crippen molar-refractivity contribution >= 4 is 0 Å². The maximum atomic E-state index is 13.0. The van der Waals surface area contributed by atoms with E-state index in [9.17, 15) is 18.3 Å².